The van der Waals surface area contributed by atoms with Crippen molar-refractivity contribution >= 4 is 11.8 Å². The zero-order chi connectivity index (χ0) is 16.7. The minimum atomic E-state index is -0.398. The molecule has 0 bridgehead atoms. The summed E-state index contributed by atoms with van der Waals surface area (Å²) in [7, 11) is 1.35. The van der Waals surface area contributed by atoms with E-state index < -0.39 is 5.97 Å². The number of aryl methyl sites for hydroxylation is 1. The number of esters is 1. The lowest BCUT2D eigenvalue weighted by Crippen LogP contribution is -2.13. The summed E-state index contributed by atoms with van der Waals surface area (Å²) in [5.41, 5.74) is 2.15. The molecule has 1 unspecified atom stereocenters. The molecule has 1 N–H and O–H groups in total. The normalized spacial score (nSPS) is 11.3. The standard InChI is InChI=1S/C18H19N3O2/c1-13-15(18(22)23-2)10-11-17(20-13)21-16(9-6-12-19)14-7-4-3-5-8-14/h3-5,7-8,10-11,16H,6,9H2,1-2H3,(H,20,21). The van der Waals surface area contributed by atoms with Crippen molar-refractivity contribution in [2.45, 2.75) is 25.8 Å². The Labute approximate surface area is 135 Å². The van der Waals surface area contributed by atoms with Gasteiger partial charge in [-0.2, -0.15) is 5.26 Å². The number of nitrogens with zero attached hydrogens (tertiary/aromatic N) is 2. The van der Waals surface area contributed by atoms with E-state index in [1.807, 2.05) is 30.3 Å². The summed E-state index contributed by atoms with van der Waals surface area (Å²) in [5.74, 6) is 0.271. The Kier molecular flexibility index (Phi) is 5.70. The van der Waals surface area contributed by atoms with Crippen LogP contribution >= 0.6 is 0 Å². The number of rotatable bonds is 6. The van der Waals surface area contributed by atoms with E-state index >= 15 is 0 Å². The van der Waals surface area contributed by atoms with Gasteiger partial charge in [0.05, 0.1) is 30.5 Å². The lowest BCUT2D eigenvalue weighted by molar-refractivity contribution is 0.0599. The van der Waals surface area contributed by atoms with Gasteiger partial charge >= 0.3 is 5.97 Å². The third-order valence-electron chi connectivity index (χ3n) is 3.56. The summed E-state index contributed by atoms with van der Waals surface area (Å²) < 4.78 is 4.73. The molecule has 2 aromatic rings. The smallest absolute Gasteiger partial charge is 0.339 e. The number of aromatic nitrogens is 1. The molecular weight excluding hydrogens is 290 g/mol. The average Bonchev–Trinajstić information content (AvgIpc) is 2.58. The second-order valence-corrected chi connectivity index (χ2v) is 5.13. The molecule has 0 radical (unpaired) electrons. The van der Waals surface area contributed by atoms with Crippen LogP contribution in [0.4, 0.5) is 5.82 Å². The number of nitrogens with one attached hydrogen (secondary N) is 1. The molecule has 0 aliphatic heterocycles. The number of hydrogen-bond donors (Lipinski definition) is 1. The highest BCUT2D eigenvalue weighted by atomic mass is 16.5. The molecule has 0 spiro atoms. The number of carbonyl (C=O) groups excluding carboxylic acids is 1. The van der Waals surface area contributed by atoms with Crippen LogP contribution in [0.25, 0.3) is 0 Å². The van der Waals surface area contributed by atoms with Crippen molar-refractivity contribution in [3.05, 3.63) is 59.3 Å². The summed E-state index contributed by atoms with van der Waals surface area (Å²) in [5, 5.41) is 12.2. The van der Waals surface area contributed by atoms with Crippen LogP contribution < -0.4 is 5.32 Å². The predicted octanol–water partition coefficient (Wildman–Crippen LogP) is 3.63. The van der Waals surface area contributed by atoms with Crippen molar-refractivity contribution in [3.63, 3.8) is 0 Å². The molecule has 1 heterocycles. The first-order valence-electron chi connectivity index (χ1n) is 7.40. The van der Waals surface area contributed by atoms with E-state index in [-0.39, 0.29) is 6.04 Å². The zero-order valence-corrected chi connectivity index (χ0v) is 13.2. The molecule has 1 atom stereocenters. The average molecular weight is 309 g/mol. The van der Waals surface area contributed by atoms with Crippen LogP contribution in [0.5, 0.6) is 0 Å². The van der Waals surface area contributed by atoms with E-state index in [1.54, 1.807) is 19.1 Å². The molecule has 5 nitrogen and oxygen atoms in total. The summed E-state index contributed by atoms with van der Waals surface area (Å²) in [6, 6.07) is 15.5. The summed E-state index contributed by atoms with van der Waals surface area (Å²) in [4.78, 5) is 16.0. The van der Waals surface area contributed by atoms with Gasteiger partial charge in [-0.15, -0.1) is 0 Å². The van der Waals surface area contributed by atoms with Crippen LogP contribution in [0.1, 0.15) is 40.5 Å². The number of nitriles is 1. The van der Waals surface area contributed by atoms with Crippen LogP contribution in [-0.2, 0) is 4.74 Å². The van der Waals surface area contributed by atoms with E-state index in [1.165, 1.54) is 7.11 Å². The molecular formula is C18H19N3O2. The van der Waals surface area contributed by atoms with E-state index in [4.69, 9.17) is 10.00 Å². The fraction of sp³-hybridized carbons (Fsp3) is 0.278. The van der Waals surface area contributed by atoms with Crippen molar-refractivity contribution < 1.29 is 9.53 Å². The monoisotopic (exact) mass is 309 g/mol. The third kappa shape index (κ3) is 4.30. The molecule has 2 rings (SSSR count). The molecule has 0 fully saturated rings. The van der Waals surface area contributed by atoms with Gasteiger partial charge in [0.25, 0.3) is 0 Å². The maximum Gasteiger partial charge on any atom is 0.339 e. The largest absolute Gasteiger partial charge is 0.465 e. The van der Waals surface area contributed by atoms with Crippen molar-refractivity contribution in [2.75, 3.05) is 12.4 Å². The highest BCUT2D eigenvalue weighted by Crippen LogP contribution is 2.23. The molecule has 0 aliphatic rings. The number of benzene rings is 1. The van der Waals surface area contributed by atoms with Gasteiger partial charge in [-0.1, -0.05) is 30.3 Å². The molecule has 5 heteroatoms. The molecule has 0 aliphatic carbocycles. The van der Waals surface area contributed by atoms with Crippen LogP contribution in [-0.4, -0.2) is 18.1 Å². The topological polar surface area (TPSA) is 75.0 Å². The maximum atomic E-state index is 11.6. The zero-order valence-electron chi connectivity index (χ0n) is 13.2. The number of hydrogen-bond acceptors (Lipinski definition) is 5. The Balaban J connectivity index is 2.21. The number of carbonyl (C=O) groups is 1. The first-order valence-corrected chi connectivity index (χ1v) is 7.40. The Hall–Kier alpha value is -2.87. The minimum absolute atomic E-state index is 0.00766. The van der Waals surface area contributed by atoms with Gasteiger partial charge < -0.3 is 10.1 Å². The Morgan fingerprint density at radius 1 is 1.30 bits per heavy atom. The molecule has 23 heavy (non-hydrogen) atoms. The highest BCUT2D eigenvalue weighted by molar-refractivity contribution is 5.90. The first kappa shape index (κ1) is 16.5. The predicted molar refractivity (Wildman–Crippen MR) is 88.0 cm³/mol. The second-order valence-electron chi connectivity index (χ2n) is 5.13. The van der Waals surface area contributed by atoms with Crippen LogP contribution in [0.2, 0.25) is 0 Å². The van der Waals surface area contributed by atoms with Gasteiger partial charge in [0, 0.05) is 6.42 Å². The van der Waals surface area contributed by atoms with Gasteiger partial charge in [-0.3, -0.25) is 0 Å². The lowest BCUT2D eigenvalue weighted by Gasteiger charge is -2.19. The van der Waals surface area contributed by atoms with E-state index in [2.05, 4.69) is 16.4 Å². The number of anilines is 1. The summed E-state index contributed by atoms with van der Waals surface area (Å²) >= 11 is 0. The van der Waals surface area contributed by atoms with Gasteiger partial charge in [0.2, 0.25) is 0 Å². The molecule has 1 aromatic heterocycles. The van der Waals surface area contributed by atoms with Crippen LogP contribution in [0.15, 0.2) is 42.5 Å². The first-order chi connectivity index (χ1) is 11.2. The Morgan fingerprint density at radius 3 is 2.65 bits per heavy atom. The van der Waals surface area contributed by atoms with Gasteiger partial charge in [-0.05, 0) is 31.0 Å². The van der Waals surface area contributed by atoms with Crippen molar-refractivity contribution in [3.8, 4) is 6.07 Å². The minimum Gasteiger partial charge on any atom is -0.465 e. The lowest BCUT2D eigenvalue weighted by atomic mass is 10.0. The van der Waals surface area contributed by atoms with Crippen LogP contribution in [0.3, 0.4) is 0 Å². The molecule has 0 amide bonds. The number of ether oxygens (including phenoxy) is 1. The van der Waals surface area contributed by atoms with Gasteiger partial charge in [0.1, 0.15) is 5.82 Å². The summed E-state index contributed by atoms with van der Waals surface area (Å²) in [6.45, 7) is 1.77. The third-order valence-corrected chi connectivity index (χ3v) is 3.56. The fourth-order valence-electron chi connectivity index (χ4n) is 2.36. The number of methoxy groups -OCH3 is 1. The van der Waals surface area contributed by atoms with E-state index in [0.29, 0.717) is 29.9 Å². The van der Waals surface area contributed by atoms with Crippen molar-refractivity contribution in [1.29, 1.82) is 5.26 Å². The fourth-order valence-corrected chi connectivity index (χ4v) is 2.36. The number of pyridine rings is 1. The van der Waals surface area contributed by atoms with E-state index in [0.717, 1.165) is 5.56 Å². The molecule has 0 saturated heterocycles. The van der Waals surface area contributed by atoms with Gasteiger partial charge in [0.15, 0.2) is 0 Å². The van der Waals surface area contributed by atoms with Crippen LogP contribution in [0, 0.1) is 18.3 Å². The molecule has 0 saturated carbocycles. The van der Waals surface area contributed by atoms with E-state index in [9.17, 15) is 4.79 Å². The maximum absolute atomic E-state index is 11.6. The van der Waals surface area contributed by atoms with Crippen molar-refractivity contribution in [1.82, 2.24) is 4.98 Å². The van der Waals surface area contributed by atoms with Gasteiger partial charge in [-0.25, -0.2) is 9.78 Å². The SMILES string of the molecule is COC(=O)c1ccc(NC(CCC#N)c2ccccc2)nc1C. The highest BCUT2D eigenvalue weighted by Gasteiger charge is 2.14. The Bertz CT molecular complexity index is 708. The molecule has 1 aromatic carbocycles. The second kappa shape index (κ2) is 7.95. The summed E-state index contributed by atoms with van der Waals surface area (Å²) in [6.07, 6.45) is 1.13. The molecule has 118 valence electrons. The quantitative estimate of drug-likeness (QED) is 0.825. The Morgan fingerprint density at radius 2 is 2.04 bits per heavy atom. The van der Waals surface area contributed by atoms with Crippen molar-refractivity contribution in [2.24, 2.45) is 0 Å².